The Morgan fingerprint density at radius 1 is 1.36 bits per heavy atom. The molecule has 0 aliphatic carbocycles. The van der Waals surface area contributed by atoms with Gasteiger partial charge in [0, 0.05) is 12.6 Å². The van der Waals surface area contributed by atoms with Gasteiger partial charge in [-0.2, -0.15) is 5.01 Å². The summed E-state index contributed by atoms with van der Waals surface area (Å²) in [5.74, 6) is -2.46. The van der Waals surface area contributed by atoms with Crippen LogP contribution in [0.25, 0.3) is 0 Å². The molecule has 1 unspecified atom stereocenters. The molecule has 3 atom stereocenters. The van der Waals surface area contributed by atoms with Gasteiger partial charge in [0.1, 0.15) is 17.6 Å². The standard InChI is InChI=1S/C19H28N4O5/c1-7-12-13(27-18(5,6)26-12)8-11-9-20-15-14(11)22-10-21-19(15,25)23(22)16(24)28-17(2,3)4/h9-10,12-13,20,25H,7-8H2,1-6H3/t12-,13+,19?/m1/s1. The second-order valence-corrected chi connectivity index (χ2v) is 8.88. The van der Waals surface area contributed by atoms with Crippen LogP contribution < -0.4 is 5.01 Å². The van der Waals surface area contributed by atoms with Crippen LogP contribution in [0.15, 0.2) is 11.2 Å². The molecule has 1 amide bonds. The molecule has 2 bridgehead atoms. The van der Waals surface area contributed by atoms with Gasteiger partial charge in [-0.25, -0.2) is 14.8 Å². The maximum Gasteiger partial charge on any atom is 0.434 e. The molecule has 0 spiro atoms. The fourth-order valence-corrected chi connectivity index (χ4v) is 4.01. The summed E-state index contributed by atoms with van der Waals surface area (Å²) in [6, 6.07) is 0. The topological polar surface area (TPSA) is 99.6 Å². The molecule has 9 nitrogen and oxygen atoms in total. The van der Waals surface area contributed by atoms with Crippen LogP contribution >= 0.6 is 0 Å². The third-order valence-corrected chi connectivity index (χ3v) is 5.03. The fourth-order valence-electron chi connectivity index (χ4n) is 4.01. The number of fused-ring (bicyclic) bond motifs is 5. The zero-order chi connectivity index (χ0) is 20.5. The first-order valence-electron chi connectivity index (χ1n) is 9.61. The minimum absolute atomic E-state index is 0.0205. The molecular formula is C19H28N4O5. The lowest BCUT2D eigenvalue weighted by atomic mass is 10.0. The van der Waals surface area contributed by atoms with E-state index in [1.165, 1.54) is 11.3 Å². The van der Waals surface area contributed by atoms with Gasteiger partial charge in [0.15, 0.2) is 5.79 Å². The monoisotopic (exact) mass is 392 g/mol. The highest BCUT2D eigenvalue weighted by molar-refractivity contribution is 5.93. The molecule has 3 aliphatic rings. The fraction of sp³-hybridized carbons (Fsp3) is 0.684. The number of hydrogen-bond acceptors (Lipinski definition) is 7. The van der Waals surface area contributed by atoms with E-state index in [4.69, 9.17) is 14.2 Å². The number of anilines is 1. The summed E-state index contributed by atoms with van der Waals surface area (Å²) in [4.78, 5) is 19.9. The smallest absolute Gasteiger partial charge is 0.434 e. The van der Waals surface area contributed by atoms with Gasteiger partial charge in [0.25, 0.3) is 0 Å². The second-order valence-electron chi connectivity index (χ2n) is 8.88. The van der Waals surface area contributed by atoms with Gasteiger partial charge >= 0.3 is 11.9 Å². The second kappa shape index (κ2) is 5.95. The zero-order valence-electron chi connectivity index (χ0n) is 17.1. The van der Waals surface area contributed by atoms with E-state index >= 15 is 0 Å². The summed E-state index contributed by atoms with van der Waals surface area (Å²) in [7, 11) is 0. The number of aromatic nitrogens is 1. The van der Waals surface area contributed by atoms with Crippen LogP contribution in [-0.4, -0.2) is 51.1 Å². The molecule has 2 N–H and O–H groups in total. The van der Waals surface area contributed by atoms with E-state index in [1.54, 1.807) is 20.8 Å². The van der Waals surface area contributed by atoms with Crippen molar-refractivity contribution < 1.29 is 24.1 Å². The van der Waals surface area contributed by atoms with E-state index in [1.807, 2.05) is 20.0 Å². The number of aliphatic hydroxyl groups is 1. The molecule has 4 heterocycles. The van der Waals surface area contributed by atoms with E-state index in [2.05, 4.69) is 16.9 Å². The third-order valence-electron chi connectivity index (χ3n) is 5.03. The molecule has 28 heavy (non-hydrogen) atoms. The molecule has 0 aromatic carbocycles. The van der Waals surface area contributed by atoms with E-state index in [0.717, 1.165) is 17.0 Å². The average Bonchev–Trinajstić information content (AvgIpc) is 3.24. The van der Waals surface area contributed by atoms with Crippen molar-refractivity contribution in [2.75, 3.05) is 5.01 Å². The van der Waals surface area contributed by atoms with E-state index in [-0.39, 0.29) is 12.2 Å². The van der Waals surface area contributed by atoms with Gasteiger partial charge in [0.05, 0.1) is 17.9 Å². The van der Waals surface area contributed by atoms with E-state index in [0.29, 0.717) is 17.8 Å². The number of aromatic amines is 1. The summed E-state index contributed by atoms with van der Waals surface area (Å²) in [5.41, 5.74) is 1.37. The highest BCUT2D eigenvalue weighted by Gasteiger charge is 2.58. The number of amides is 1. The van der Waals surface area contributed by atoms with Crippen LogP contribution in [0.2, 0.25) is 0 Å². The lowest BCUT2D eigenvalue weighted by Gasteiger charge is -2.30. The number of nitrogens with zero attached hydrogens (tertiary/aromatic N) is 3. The van der Waals surface area contributed by atoms with Crippen molar-refractivity contribution in [2.24, 2.45) is 4.99 Å². The van der Waals surface area contributed by atoms with Crippen LogP contribution in [-0.2, 0) is 26.5 Å². The number of hydrogen-bond donors (Lipinski definition) is 2. The van der Waals surface area contributed by atoms with Crippen molar-refractivity contribution in [3.05, 3.63) is 17.5 Å². The number of carbonyl (C=O) groups is 1. The van der Waals surface area contributed by atoms with Crippen LogP contribution in [0, 0.1) is 0 Å². The molecule has 1 aromatic rings. The Labute approximate surface area is 164 Å². The van der Waals surface area contributed by atoms with Crippen molar-refractivity contribution >= 4 is 18.1 Å². The summed E-state index contributed by atoms with van der Waals surface area (Å²) in [6.07, 6.45) is 3.86. The third kappa shape index (κ3) is 2.89. The van der Waals surface area contributed by atoms with Gasteiger partial charge in [-0.05, 0) is 46.6 Å². The molecule has 1 fully saturated rings. The Kier molecular flexibility index (Phi) is 4.08. The van der Waals surface area contributed by atoms with E-state index < -0.39 is 23.3 Å². The number of carbonyl (C=O) groups excluding carboxylic acids is 1. The maximum absolute atomic E-state index is 12.7. The SMILES string of the molecule is CC[C@H]1OC(C)(C)O[C@H]1Cc1c[nH]c2c1N1C=NC2(O)N1C(=O)OC(C)(C)C. The molecule has 4 rings (SSSR count). The Morgan fingerprint density at radius 3 is 2.68 bits per heavy atom. The zero-order valence-corrected chi connectivity index (χ0v) is 17.1. The minimum atomic E-state index is -1.83. The summed E-state index contributed by atoms with van der Waals surface area (Å²) in [5, 5.41) is 13.7. The van der Waals surface area contributed by atoms with Crippen molar-refractivity contribution in [3.8, 4) is 0 Å². The Morgan fingerprint density at radius 2 is 2.04 bits per heavy atom. The highest BCUT2D eigenvalue weighted by Crippen LogP contribution is 2.49. The summed E-state index contributed by atoms with van der Waals surface area (Å²) >= 11 is 0. The molecule has 1 aromatic heterocycles. The number of ether oxygens (including phenoxy) is 3. The molecular weight excluding hydrogens is 364 g/mol. The molecule has 3 aliphatic heterocycles. The van der Waals surface area contributed by atoms with Crippen molar-refractivity contribution in [2.45, 2.75) is 83.8 Å². The molecule has 1 saturated heterocycles. The first kappa shape index (κ1) is 19.2. The average molecular weight is 392 g/mol. The highest BCUT2D eigenvalue weighted by atomic mass is 16.7. The number of rotatable bonds is 3. The van der Waals surface area contributed by atoms with Gasteiger partial charge < -0.3 is 24.3 Å². The maximum atomic E-state index is 12.7. The van der Waals surface area contributed by atoms with E-state index in [9.17, 15) is 9.90 Å². The number of hydrazine groups is 1. The number of H-pyrrole nitrogens is 1. The van der Waals surface area contributed by atoms with Crippen molar-refractivity contribution in [3.63, 3.8) is 0 Å². The Balaban J connectivity index is 1.61. The summed E-state index contributed by atoms with van der Waals surface area (Å²) in [6.45, 7) is 11.2. The normalized spacial score (nSPS) is 30.2. The Hall–Kier alpha value is -2.10. The first-order chi connectivity index (χ1) is 13.0. The summed E-state index contributed by atoms with van der Waals surface area (Å²) < 4.78 is 17.5. The molecule has 154 valence electrons. The first-order valence-corrected chi connectivity index (χ1v) is 9.61. The minimum Gasteiger partial charge on any atom is -0.442 e. The molecule has 0 saturated carbocycles. The van der Waals surface area contributed by atoms with Gasteiger partial charge in [0.2, 0.25) is 0 Å². The van der Waals surface area contributed by atoms with Crippen LogP contribution in [0.3, 0.4) is 0 Å². The van der Waals surface area contributed by atoms with Crippen molar-refractivity contribution in [1.29, 1.82) is 0 Å². The lowest BCUT2D eigenvalue weighted by molar-refractivity contribution is -0.146. The van der Waals surface area contributed by atoms with Crippen LogP contribution in [0.5, 0.6) is 0 Å². The number of aliphatic imine (C=N–C) groups is 1. The van der Waals surface area contributed by atoms with Crippen molar-refractivity contribution in [1.82, 2.24) is 9.99 Å². The number of nitrogens with one attached hydrogen (secondary N) is 1. The quantitative estimate of drug-likeness (QED) is 0.820. The predicted molar refractivity (Wildman–Crippen MR) is 102 cm³/mol. The van der Waals surface area contributed by atoms with Gasteiger partial charge in [-0.15, -0.1) is 0 Å². The molecule has 9 heteroatoms. The van der Waals surface area contributed by atoms with Crippen LogP contribution in [0.4, 0.5) is 10.5 Å². The Bertz CT molecular complexity index is 827. The van der Waals surface area contributed by atoms with Gasteiger partial charge in [-0.3, -0.25) is 0 Å². The van der Waals surface area contributed by atoms with Gasteiger partial charge in [-0.1, -0.05) is 6.92 Å². The predicted octanol–water partition coefficient (Wildman–Crippen LogP) is 2.60. The van der Waals surface area contributed by atoms with Crippen LogP contribution in [0.1, 0.15) is 59.2 Å². The lowest BCUT2D eigenvalue weighted by Crippen LogP contribution is -2.49. The molecule has 0 radical (unpaired) electrons. The largest absolute Gasteiger partial charge is 0.442 e.